The van der Waals surface area contributed by atoms with Crippen molar-refractivity contribution in [1.29, 1.82) is 0 Å². The van der Waals surface area contributed by atoms with Crippen LogP contribution in [0.25, 0.3) is 0 Å². The van der Waals surface area contributed by atoms with Gasteiger partial charge in [0.25, 0.3) is 0 Å². The summed E-state index contributed by atoms with van der Waals surface area (Å²) in [4.78, 5) is 17.3. The maximum atomic E-state index is 11.4. The van der Waals surface area contributed by atoms with Gasteiger partial charge in [-0.2, -0.15) is 0 Å². The lowest BCUT2D eigenvalue weighted by molar-refractivity contribution is -0.114. The molecular weight excluding hydrogens is 382 g/mol. The second-order valence-electron chi connectivity index (χ2n) is 7.46. The number of rotatable bonds is 8. The number of anilines is 2. The number of hydrogen-bond donors (Lipinski definition) is 2. The van der Waals surface area contributed by atoms with Gasteiger partial charge in [-0.05, 0) is 55.5 Å². The number of carbonyl (C=O) groups is 1. The largest absolute Gasteiger partial charge is 0.388 e. The molecule has 6 heteroatoms. The molecule has 1 heterocycles. The number of para-hydroxylation sites is 1. The lowest BCUT2D eigenvalue weighted by Gasteiger charge is -2.36. The van der Waals surface area contributed by atoms with Crippen LogP contribution in [-0.2, 0) is 4.79 Å². The minimum atomic E-state index is -0.510. The van der Waals surface area contributed by atoms with E-state index in [0.29, 0.717) is 0 Å². The van der Waals surface area contributed by atoms with Crippen LogP contribution in [-0.4, -0.2) is 54.9 Å². The number of benzene rings is 2. The van der Waals surface area contributed by atoms with Gasteiger partial charge >= 0.3 is 0 Å². The molecule has 1 aliphatic rings. The first kappa shape index (κ1) is 21.7. The van der Waals surface area contributed by atoms with Gasteiger partial charge in [-0.3, -0.25) is 9.69 Å². The van der Waals surface area contributed by atoms with Gasteiger partial charge in [-0.25, -0.2) is 0 Å². The minimum Gasteiger partial charge on any atom is -0.388 e. The molecular formula is C23H31N3O2S. The molecule has 1 saturated heterocycles. The lowest BCUT2D eigenvalue weighted by atomic mass is 10.0. The van der Waals surface area contributed by atoms with Gasteiger partial charge in [0.05, 0.1) is 11.8 Å². The maximum absolute atomic E-state index is 11.4. The first-order chi connectivity index (χ1) is 14.1. The van der Waals surface area contributed by atoms with E-state index in [2.05, 4.69) is 45.4 Å². The summed E-state index contributed by atoms with van der Waals surface area (Å²) in [5, 5.41) is 13.5. The Morgan fingerprint density at radius 1 is 1.14 bits per heavy atom. The minimum absolute atomic E-state index is 0.0958. The first-order valence-corrected chi connectivity index (χ1v) is 11.4. The van der Waals surface area contributed by atoms with E-state index >= 15 is 0 Å². The van der Waals surface area contributed by atoms with Crippen LogP contribution in [0.15, 0.2) is 53.4 Å². The highest BCUT2D eigenvalue weighted by atomic mass is 32.2. The summed E-state index contributed by atoms with van der Waals surface area (Å²) >= 11 is 1.59. The molecule has 3 rings (SSSR count). The van der Waals surface area contributed by atoms with Gasteiger partial charge in [0.1, 0.15) is 0 Å². The van der Waals surface area contributed by atoms with Crippen molar-refractivity contribution < 1.29 is 9.90 Å². The fraction of sp³-hybridized carbons (Fsp3) is 0.435. The van der Waals surface area contributed by atoms with Gasteiger partial charge in [-0.1, -0.05) is 24.3 Å². The van der Waals surface area contributed by atoms with Crippen LogP contribution >= 0.6 is 11.8 Å². The molecule has 1 amide bonds. The number of aliphatic hydroxyl groups excluding tert-OH is 1. The van der Waals surface area contributed by atoms with Gasteiger partial charge in [0, 0.05) is 43.7 Å². The summed E-state index contributed by atoms with van der Waals surface area (Å²) in [6.45, 7) is 6.71. The molecule has 1 fully saturated rings. The van der Waals surface area contributed by atoms with E-state index in [0.717, 1.165) is 61.7 Å². The Kier molecular flexibility index (Phi) is 7.98. The normalized spacial score (nSPS) is 15.9. The number of hydrogen-bond acceptors (Lipinski definition) is 5. The predicted octanol–water partition coefficient (Wildman–Crippen LogP) is 4.00. The van der Waals surface area contributed by atoms with Crippen LogP contribution in [0.5, 0.6) is 0 Å². The Hall–Kier alpha value is -2.02. The van der Waals surface area contributed by atoms with Crippen molar-refractivity contribution in [3.63, 3.8) is 0 Å². The number of aliphatic hydroxyl groups is 1. The van der Waals surface area contributed by atoms with Crippen molar-refractivity contribution in [2.75, 3.05) is 49.2 Å². The standard InChI is InChI=1S/C23H31N3O2S/c1-18(27)24-21-17-19(10-11-23(21)29-2)22(28)9-6-12-25-13-15-26(16-14-25)20-7-4-3-5-8-20/h3-5,7-8,10-11,17,22,28H,6,9,12-16H2,1-2H3,(H,24,27). The zero-order chi connectivity index (χ0) is 20.6. The van der Waals surface area contributed by atoms with Crippen molar-refractivity contribution in [3.8, 4) is 0 Å². The smallest absolute Gasteiger partial charge is 0.221 e. The highest BCUT2D eigenvalue weighted by Crippen LogP contribution is 2.30. The molecule has 29 heavy (non-hydrogen) atoms. The quantitative estimate of drug-likeness (QED) is 0.641. The number of amides is 1. The molecule has 1 atom stereocenters. The number of nitrogens with zero attached hydrogens (tertiary/aromatic N) is 2. The molecule has 1 unspecified atom stereocenters. The van der Waals surface area contributed by atoms with Gasteiger partial charge in [0.15, 0.2) is 0 Å². The fourth-order valence-electron chi connectivity index (χ4n) is 3.76. The molecule has 0 aromatic heterocycles. The average molecular weight is 414 g/mol. The number of carbonyl (C=O) groups excluding carboxylic acids is 1. The molecule has 156 valence electrons. The summed E-state index contributed by atoms with van der Waals surface area (Å²) in [6, 6.07) is 16.4. The summed E-state index contributed by atoms with van der Waals surface area (Å²) in [5.74, 6) is -0.0958. The molecule has 0 saturated carbocycles. The maximum Gasteiger partial charge on any atom is 0.221 e. The van der Waals surface area contributed by atoms with E-state index in [1.165, 1.54) is 12.6 Å². The molecule has 2 aromatic rings. The Labute approximate surface area is 178 Å². The number of piperazine rings is 1. The van der Waals surface area contributed by atoms with Crippen LogP contribution in [0.4, 0.5) is 11.4 Å². The van der Waals surface area contributed by atoms with Crippen LogP contribution in [0.3, 0.4) is 0 Å². The third kappa shape index (κ3) is 6.23. The fourth-order valence-corrected chi connectivity index (χ4v) is 4.30. The number of nitrogens with one attached hydrogen (secondary N) is 1. The Morgan fingerprint density at radius 3 is 2.52 bits per heavy atom. The predicted molar refractivity (Wildman–Crippen MR) is 122 cm³/mol. The van der Waals surface area contributed by atoms with Gasteiger partial charge < -0.3 is 15.3 Å². The second-order valence-corrected chi connectivity index (χ2v) is 8.31. The Bertz CT molecular complexity index is 792. The summed E-state index contributed by atoms with van der Waals surface area (Å²) in [6.07, 6.45) is 3.14. The van der Waals surface area contributed by atoms with E-state index in [4.69, 9.17) is 0 Å². The zero-order valence-electron chi connectivity index (χ0n) is 17.3. The van der Waals surface area contributed by atoms with E-state index in [-0.39, 0.29) is 5.91 Å². The first-order valence-electron chi connectivity index (χ1n) is 10.2. The van der Waals surface area contributed by atoms with Crippen LogP contribution < -0.4 is 10.2 Å². The van der Waals surface area contributed by atoms with Crippen LogP contribution in [0.1, 0.15) is 31.4 Å². The molecule has 0 aliphatic carbocycles. The molecule has 1 aliphatic heterocycles. The van der Waals surface area contributed by atoms with Gasteiger partial charge in [-0.15, -0.1) is 11.8 Å². The highest BCUT2D eigenvalue weighted by Gasteiger charge is 2.17. The summed E-state index contributed by atoms with van der Waals surface area (Å²) in [7, 11) is 0. The monoisotopic (exact) mass is 413 g/mol. The highest BCUT2D eigenvalue weighted by molar-refractivity contribution is 7.98. The van der Waals surface area contributed by atoms with Crippen LogP contribution in [0.2, 0.25) is 0 Å². The Morgan fingerprint density at radius 2 is 1.86 bits per heavy atom. The third-order valence-corrected chi connectivity index (χ3v) is 6.16. The van der Waals surface area contributed by atoms with Gasteiger partial charge in [0.2, 0.25) is 5.91 Å². The Balaban J connectivity index is 1.45. The molecule has 0 bridgehead atoms. The van der Waals surface area contributed by atoms with E-state index in [1.54, 1.807) is 11.8 Å². The van der Waals surface area contributed by atoms with E-state index in [9.17, 15) is 9.90 Å². The average Bonchev–Trinajstić information content (AvgIpc) is 2.74. The van der Waals surface area contributed by atoms with Crippen molar-refractivity contribution in [2.45, 2.75) is 30.8 Å². The van der Waals surface area contributed by atoms with Crippen LogP contribution in [0, 0.1) is 0 Å². The SMILES string of the molecule is CSc1ccc(C(O)CCCN2CCN(c3ccccc3)CC2)cc1NC(C)=O. The van der Waals surface area contributed by atoms with Crippen molar-refractivity contribution in [1.82, 2.24) is 4.90 Å². The number of thioether (sulfide) groups is 1. The third-order valence-electron chi connectivity index (χ3n) is 5.36. The second kappa shape index (κ2) is 10.7. The van der Waals surface area contributed by atoms with Crippen molar-refractivity contribution in [3.05, 3.63) is 54.1 Å². The van der Waals surface area contributed by atoms with E-state index < -0.39 is 6.10 Å². The molecule has 0 spiro atoms. The molecule has 2 N–H and O–H groups in total. The summed E-state index contributed by atoms with van der Waals surface area (Å²) < 4.78 is 0. The topological polar surface area (TPSA) is 55.8 Å². The molecule has 5 nitrogen and oxygen atoms in total. The lowest BCUT2D eigenvalue weighted by Crippen LogP contribution is -2.46. The van der Waals surface area contributed by atoms with E-state index in [1.807, 2.05) is 24.5 Å². The zero-order valence-corrected chi connectivity index (χ0v) is 18.1. The van der Waals surface area contributed by atoms with Crippen molar-refractivity contribution in [2.24, 2.45) is 0 Å². The molecule has 2 aromatic carbocycles. The van der Waals surface area contributed by atoms with Crippen molar-refractivity contribution >= 4 is 29.0 Å². The summed E-state index contributed by atoms with van der Waals surface area (Å²) in [5.41, 5.74) is 2.94. The molecule has 0 radical (unpaired) electrons.